The number of para-hydroxylation sites is 1. The molecular weight excluding hydrogens is 444 g/mol. The van der Waals surface area contributed by atoms with E-state index in [9.17, 15) is 4.79 Å². The maximum atomic E-state index is 12.9. The second-order valence-electron chi connectivity index (χ2n) is 8.68. The summed E-state index contributed by atoms with van der Waals surface area (Å²) < 4.78 is 2.20. The van der Waals surface area contributed by atoms with Crippen molar-refractivity contribution in [2.24, 2.45) is 0 Å². The van der Waals surface area contributed by atoms with Gasteiger partial charge in [0.15, 0.2) is 4.96 Å². The molecule has 2 aromatic heterocycles. The lowest BCUT2D eigenvalue weighted by Crippen LogP contribution is -2.43. The highest BCUT2D eigenvalue weighted by Crippen LogP contribution is 2.27. The Morgan fingerprint density at radius 2 is 2.00 bits per heavy atom. The van der Waals surface area contributed by atoms with Crippen molar-refractivity contribution in [3.63, 3.8) is 0 Å². The predicted octanol–water partition coefficient (Wildman–Crippen LogP) is 3.92. The van der Waals surface area contributed by atoms with E-state index in [4.69, 9.17) is 4.98 Å². The van der Waals surface area contributed by atoms with Crippen molar-refractivity contribution < 1.29 is 4.79 Å². The molecule has 172 valence electrons. The number of benzene rings is 2. The molecule has 0 saturated carbocycles. The van der Waals surface area contributed by atoms with Gasteiger partial charge in [-0.1, -0.05) is 30.3 Å². The number of aromatic nitrogens is 2. The Labute approximate surface area is 202 Å². The SMILES string of the molecule is O=C(Nc1cccc(-c2cn3c(CN4CCNCC4)csc3n2)c1)C1=Cc2ccccc2NC1. The number of hydrogen-bond donors (Lipinski definition) is 3. The summed E-state index contributed by atoms with van der Waals surface area (Å²) in [6, 6.07) is 15.9. The van der Waals surface area contributed by atoms with Gasteiger partial charge in [0.1, 0.15) is 0 Å². The molecular formula is C26H26N6OS. The molecule has 0 aliphatic carbocycles. The number of anilines is 2. The van der Waals surface area contributed by atoms with Crippen LogP contribution in [0.15, 0.2) is 65.7 Å². The van der Waals surface area contributed by atoms with Crippen LogP contribution in [0.5, 0.6) is 0 Å². The van der Waals surface area contributed by atoms with Crippen LogP contribution in [-0.2, 0) is 11.3 Å². The average Bonchev–Trinajstić information content (AvgIpc) is 3.46. The Balaban J connectivity index is 1.20. The number of nitrogens with zero attached hydrogens (tertiary/aromatic N) is 3. The highest BCUT2D eigenvalue weighted by Gasteiger charge is 2.17. The summed E-state index contributed by atoms with van der Waals surface area (Å²) in [6.45, 7) is 5.66. The largest absolute Gasteiger partial charge is 0.380 e. The third kappa shape index (κ3) is 4.23. The number of rotatable bonds is 5. The van der Waals surface area contributed by atoms with E-state index >= 15 is 0 Å². The van der Waals surface area contributed by atoms with E-state index in [1.165, 1.54) is 5.69 Å². The predicted molar refractivity (Wildman–Crippen MR) is 138 cm³/mol. The fourth-order valence-corrected chi connectivity index (χ4v) is 5.37. The van der Waals surface area contributed by atoms with Gasteiger partial charge in [-0.2, -0.15) is 0 Å². The van der Waals surface area contributed by atoms with Crippen LogP contribution < -0.4 is 16.0 Å². The highest BCUT2D eigenvalue weighted by molar-refractivity contribution is 7.15. The molecule has 4 aromatic rings. The second kappa shape index (κ2) is 9.06. The van der Waals surface area contributed by atoms with Gasteiger partial charge in [0.25, 0.3) is 5.91 Å². The van der Waals surface area contributed by atoms with Crippen LogP contribution in [0.2, 0.25) is 0 Å². The normalized spacial score (nSPS) is 16.1. The number of carbonyl (C=O) groups excluding carboxylic acids is 1. The van der Waals surface area contributed by atoms with Crippen LogP contribution in [0, 0.1) is 0 Å². The smallest absolute Gasteiger partial charge is 0.253 e. The Bertz CT molecular complexity index is 1380. The van der Waals surface area contributed by atoms with Crippen LogP contribution >= 0.6 is 11.3 Å². The molecule has 0 radical (unpaired) electrons. The minimum absolute atomic E-state index is 0.0942. The standard InChI is InChI=1S/C26H26N6OS/c33-25(20-12-18-4-1-2-7-23(18)28-14-20)29-21-6-3-5-19(13-21)24-16-32-22(17-34-26(32)30-24)15-31-10-8-27-9-11-31/h1-7,12-13,16-17,27-28H,8-11,14-15H2,(H,29,33). The molecule has 0 unspecified atom stereocenters. The number of amides is 1. The molecule has 0 spiro atoms. The molecule has 8 heteroatoms. The maximum absolute atomic E-state index is 12.9. The minimum atomic E-state index is -0.0942. The number of piperazine rings is 1. The summed E-state index contributed by atoms with van der Waals surface area (Å²) >= 11 is 1.67. The Hall–Kier alpha value is -3.46. The fraction of sp³-hybridized carbons (Fsp3) is 0.231. The van der Waals surface area contributed by atoms with Gasteiger partial charge in [0.2, 0.25) is 0 Å². The van der Waals surface area contributed by atoms with Crippen molar-refractivity contribution >= 4 is 39.7 Å². The first kappa shape index (κ1) is 21.1. The van der Waals surface area contributed by atoms with Crippen molar-refractivity contribution in [2.45, 2.75) is 6.54 Å². The van der Waals surface area contributed by atoms with Crippen LogP contribution in [-0.4, -0.2) is 52.9 Å². The van der Waals surface area contributed by atoms with Gasteiger partial charge >= 0.3 is 0 Å². The molecule has 0 atom stereocenters. The van der Waals surface area contributed by atoms with Gasteiger partial charge in [0.05, 0.1) is 5.69 Å². The molecule has 1 fully saturated rings. The van der Waals surface area contributed by atoms with Crippen molar-refractivity contribution in [1.29, 1.82) is 0 Å². The van der Waals surface area contributed by atoms with Crippen molar-refractivity contribution in [1.82, 2.24) is 19.6 Å². The van der Waals surface area contributed by atoms with Crippen molar-refractivity contribution in [3.05, 3.63) is 76.9 Å². The van der Waals surface area contributed by atoms with E-state index in [-0.39, 0.29) is 5.91 Å². The fourth-order valence-electron chi connectivity index (χ4n) is 4.51. The Kier molecular flexibility index (Phi) is 5.62. The lowest BCUT2D eigenvalue weighted by atomic mass is 10.0. The minimum Gasteiger partial charge on any atom is -0.380 e. The first-order valence-electron chi connectivity index (χ1n) is 11.6. The van der Waals surface area contributed by atoms with Gasteiger partial charge in [-0.3, -0.25) is 14.1 Å². The van der Waals surface area contributed by atoms with E-state index in [0.717, 1.165) is 65.9 Å². The van der Waals surface area contributed by atoms with Gasteiger partial charge in [0, 0.05) is 79.1 Å². The van der Waals surface area contributed by atoms with E-state index < -0.39 is 0 Å². The van der Waals surface area contributed by atoms with Gasteiger partial charge < -0.3 is 16.0 Å². The zero-order chi connectivity index (χ0) is 22.9. The zero-order valence-corrected chi connectivity index (χ0v) is 19.6. The van der Waals surface area contributed by atoms with E-state index in [2.05, 4.69) is 36.8 Å². The molecule has 7 nitrogen and oxygen atoms in total. The van der Waals surface area contributed by atoms with Crippen LogP contribution in [0.25, 0.3) is 22.3 Å². The Morgan fingerprint density at radius 1 is 1.12 bits per heavy atom. The third-order valence-electron chi connectivity index (χ3n) is 6.35. The molecule has 0 bridgehead atoms. The molecule has 2 aromatic carbocycles. The summed E-state index contributed by atoms with van der Waals surface area (Å²) in [4.78, 5) is 21.2. The first-order chi connectivity index (χ1) is 16.7. The molecule has 4 heterocycles. The second-order valence-corrected chi connectivity index (χ2v) is 9.51. The quantitative estimate of drug-likeness (QED) is 0.412. The van der Waals surface area contributed by atoms with E-state index in [1.54, 1.807) is 11.3 Å². The van der Waals surface area contributed by atoms with Crippen molar-refractivity contribution in [2.75, 3.05) is 43.4 Å². The van der Waals surface area contributed by atoms with Crippen LogP contribution in [0.3, 0.4) is 0 Å². The number of fused-ring (bicyclic) bond motifs is 2. The van der Waals surface area contributed by atoms with E-state index in [1.807, 2.05) is 54.6 Å². The maximum Gasteiger partial charge on any atom is 0.253 e. The first-order valence-corrected chi connectivity index (χ1v) is 12.4. The lowest BCUT2D eigenvalue weighted by molar-refractivity contribution is -0.112. The van der Waals surface area contributed by atoms with Gasteiger partial charge in [-0.05, 0) is 29.8 Å². The zero-order valence-electron chi connectivity index (χ0n) is 18.8. The summed E-state index contributed by atoms with van der Waals surface area (Å²) in [7, 11) is 0. The number of carbonyl (C=O) groups is 1. The van der Waals surface area contributed by atoms with Crippen LogP contribution in [0.1, 0.15) is 11.3 Å². The summed E-state index contributed by atoms with van der Waals surface area (Å²) in [5.74, 6) is -0.0942. The molecule has 3 N–H and O–H groups in total. The van der Waals surface area contributed by atoms with Gasteiger partial charge in [-0.15, -0.1) is 11.3 Å². The summed E-state index contributed by atoms with van der Waals surface area (Å²) in [5, 5.41) is 12.0. The van der Waals surface area contributed by atoms with Crippen molar-refractivity contribution in [3.8, 4) is 11.3 Å². The summed E-state index contributed by atoms with van der Waals surface area (Å²) in [5.41, 5.74) is 6.73. The number of nitrogens with one attached hydrogen (secondary N) is 3. The van der Waals surface area contributed by atoms with Crippen LogP contribution in [0.4, 0.5) is 11.4 Å². The number of hydrogen-bond acceptors (Lipinski definition) is 6. The van der Waals surface area contributed by atoms with Gasteiger partial charge in [-0.25, -0.2) is 4.98 Å². The molecule has 2 aliphatic heterocycles. The average molecular weight is 471 g/mol. The molecule has 2 aliphatic rings. The topological polar surface area (TPSA) is 73.7 Å². The third-order valence-corrected chi connectivity index (χ3v) is 7.23. The molecule has 6 rings (SSSR count). The molecule has 1 saturated heterocycles. The van der Waals surface area contributed by atoms with E-state index in [0.29, 0.717) is 12.1 Å². The Morgan fingerprint density at radius 3 is 2.91 bits per heavy atom. The lowest BCUT2D eigenvalue weighted by Gasteiger charge is -2.26. The number of thiazole rings is 1. The molecule has 34 heavy (non-hydrogen) atoms. The molecule has 1 amide bonds. The number of imidazole rings is 1. The summed E-state index contributed by atoms with van der Waals surface area (Å²) in [6.07, 6.45) is 4.06. The monoisotopic (exact) mass is 470 g/mol. The highest BCUT2D eigenvalue weighted by atomic mass is 32.1.